The number of fused-ring (bicyclic) bond motifs is 1. The minimum absolute atomic E-state index is 0.0584. The second-order valence-corrected chi connectivity index (χ2v) is 8.35. The average Bonchev–Trinajstić information content (AvgIpc) is 2.98. The van der Waals surface area contributed by atoms with E-state index in [1.807, 2.05) is 47.4 Å². The molecule has 0 bridgehead atoms. The number of methoxy groups -OCH3 is 1. The molecule has 2 heterocycles. The van der Waals surface area contributed by atoms with Gasteiger partial charge >= 0.3 is 0 Å². The summed E-state index contributed by atoms with van der Waals surface area (Å²) >= 11 is 0. The number of aliphatic hydroxyl groups is 1. The van der Waals surface area contributed by atoms with Gasteiger partial charge in [-0.3, -0.25) is 4.79 Å². The average molecular weight is 411 g/mol. The van der Waals surface area contributed by atoms with E-state index >= 15 is 0 Å². The maximum absolute atomic E-state index is 13.0. The maximum Gasteiger partial charge on any atom is 0.227 e. The highest BCUT2D eigenvalue weighted by molar-refractivity contribution is 5.79. The third-order valence-corrected chi connectivity index (χ3v) is 6.23. The molecule has 2 aromatic carbocycles. The molecule has 1 saturated heterocycles. The van der Waals surface area contributed by atoms with Crippen molar-refractivity contribution < 1.29 is 19.4 Å². The van der Waals surface area contributed by atoms with Crippen molar-refractivity contribution in [2.75, 3.05) is 40.4 Å². The first-order valence-electron chi connectivity index (χ1n) is 10.5. The van der Waals surface area contributed by atoms with Crippen molar-refractivity contribution in [2.45, 2.75) is 31.4 Å². The van der Waals surface area contributed by atoms with Crippen LogP contribution in [-0.4, -0.2) is 61.2 Å². The number of carbonyl (C=O) groups excluding carboxylic acids is 1. The smallest absolute Gasteiger partial charge is 0.227 e. The summed E-state index contributed by atoms with van der Waals surface area (Å²) in [6.07, 6.45) is 1.74. The first-order valence-corrected chi connectivity index (χ1v) is 10.5. The standard InChI is InChI=1S/C24H30N2O4/c1-25-10-8-24(28,9-11-25)20-6-7-22-19(16-20)17-26(12-13-30-22)23(27)15-18-4-3-5-21(14-18)29-2/h3-7,14,16,28H,8-13,15,17H2,1-2H3. The third-order valence-electron chi connectivity index (χ3n) is 6.23. The molecule has 0 radical (unpaired) electrons. The van der Waals surface area contributed by atoms with Gasteiger partial charge in [0, 0.05) is 25.2 Å². The number of benzene rings is 2. The Labute approximate surface area is 178 Å². The van der Waals surface area contributed by atoms with Crippen LogP contribution in [-0.2, 0) is 23.4 Å². The number of nitrogens with zero attached hydrogens (tertiary/aromatic N) is 2. The largest absolute Gasteiger partial charge is 0.497 e. The summed E-state index contributed by atoms with van der Waals surface area (Å²) in [6.45, 7) is 3.24. The molecule has 4 rings (SSSR count). The van der Waals surface area contributed by atoms with Gasteiger partial charge in [0.25, 0.3) is 0 Å². The van der Waals surface area contributed by atoms with Crippen LogP contribution in [0, 0.1) is 0 Å². The lowest BCUT2D eigenvalue weighted by molar-refractivity contribution is -0.131. The highest BCUT2D eigenvalue weighted by Gasteiger charge is 2.34. The third kappa shape index (κ3) is 4.45. The molecular formula is C24H30N2O4. The van der Waals surface area contributed by atoms with Crippen molar-refractivity contribution in [3.8, 4) is 11.5 Å². The molecule has 1 N–H and O–H groups in total. The highest BCUT2D eigenvalue weighted by atomic mass is 16.5. The van der Waals surface area contributed by atoms with Crippen LogP contribution in [0.4, 0.5) is 0 Å². The summed E-state index contributed by atoms with van der Waals surface area (Å²) in [6, 6.07) is 13.5. The molecule has 1 fully saturated rings. The predicted octanol–water partition coefficient (Wildman–Crippen LogP) is 2.57. The molecule has 30 heavy (non-hydrogen) atoms. The fourth-order valence-electron chi connectivity index (χ4n) is 4.24. The van der Waals surface area contributed by atoms with Crippen LogP contribution < -0.4 is 9.47 Å². The molecule has 1 amide bonds. The quantitative estimate of drug-likeness (QED) is 0.840. The highest BCUT2D eigenvalue weighted by Crippen LogP contribution is 2.35. The van der Waals surface area contributed by atoms with Crippen molar-refractivity contribution in [3.05, 3.63) is 59.2 Å². The number of hydrogen-bond donors (Lipinski definition) is 1. The zero-order valence-corrected chi connectivity index (χ0v) is 17.8. The van der Waals surface area contributed by atoms with Crippen LogP contribution in [0.25, 0.3) is 0 Å². The number of amides is 1. The summed E-state index contributed by atoms with van der Waals surface area (Å²) in [5.41, 5.74) is 1.99. The lowest BCUT2D eigenvalue weighted by Crippen LogP contribution is -2.40. The zero-order valence-electron chi connectivity index (χ0n) is 17.8. The first kappa shape index (κ1) is 20.7. The Kier molecular flexibility index (Phi) is 5.97. The molecule has 0 atom stereocenters. The van der Waals surface area contributed by atoms with Gasteiger partial charge in [0.05, 0.1) is 25.7 Å². The van der Waals surface area contributed by atoms with E-state index in [0.717, 1.165) is 41.3 Å². The van der Waals surface area contributed by atoms with Gasteiger partial charge in [0.1, 0.15) is 18.1 Å². The van der Waals surface area contributed by atoms with E-state index in [0.29, 0.717) is 39.0 Å². The summed E-state index contributed by atoms with van der Waals surface area (Å²) in [7, 11) is 3.70. The zero-order chi connectivity index (χ0) is 21.1. The van der Waals surface area contributed by atoms with Gasteiger partial charge < -0.3 is 24.4 Å². The molecular weight excluding hydrogens is 380 g/mol. The lowest BCUT2D eigenvalue weighted by Gasteiger charge is -2.37. The van der Waals surface area contributed by atoms with Crippen LogP contribution in [0.2, 0.25) is 0 Å². The van der Waals surface area contributed by atoms with Crippen LogP contribution in [0.5, 0.6) is 11.5 Å². The number of piperidine rings is 1. The maximum atomic E-state index is 13.0. The molecule has 2 aliphatic rings. The molecule has 2 aromatic rings. The molecule has 0 unspecified atom stereocenters. The van der Waals surface area contributed by atoms with E-state index in [-0.39, 0.29) is 5.91 Å². The molecule has 2 aliphatic heterocycles. The van der Waals surface area contributed by atoms with E-state index in [2.05, 4.69) is 11.9 Å². The second-order valence-electron chi connectivity index (χ2n) is 8.35. The van der Waals surface area contributed by atoms with E-state index < -0.39 is 5.60 Å². The van der Waals surface area contributed by atoms with Crippen molar-refractivity contribution in [3.63, 3.8) is 0 Å². The van der Waals surface area contributed by atoms with Gasteiger partial charge in [-0.2, -0.15) is 0 Å². The normalized spacial score (nSPS) is 18.8. The van der Waals surface area contributed by atoms with Crippen molar-refractivity contribution >= 4 is 5.91 Å². The van der Waals surface area contributed by atoms with Crippen molar-refractivity contribution in [2.24, 2.45) is 0 Å². The van der Waals surface area contributed by atoms with Crippen LogP contribution in [0.15, 0.2) is 42.5 Å². The molecule has 0 aromatic heterocycles. The topological polar surface area (TPSA) is 62.2 Å². The number of carbonyl (C=O) groups is 1. The SMILES string of the molecule is COc1cccc(CC(=O)N2CCOc3ccc(C4(O)CCN(C)CC4)cc3C2)c1. The fourth-order valence-corrected chi connectivity index (χ4v) is 4.24. The Balaban J connectivity index is 1.51. The number of ether oxygens (including phenoxy) is 2. The Morgan fingerprint density at radius 1 is 1.17 bits per heavy atom. The summed E-state index contributed by atoms with van der Waals surface area (Å²) in [5, 5.41) is 11.2. The second kappa shape index (κ2) is 8.66. The fraction of sp³-hybridized carbons (Fsp3) is 0.458. The van der Waals surface area contributed by atoms with Crippen LogP contribution in [0.3, 0.4) is 0 Å². The van der Waals surface area contributed by atoms with Gasteiger partial charge in [-0.05, 0) is 55.3 Å². The Morgan fingerprint density at radius 3 is 2.73 bits per heavy atom. The Bertz CT molecular complexity index is 906. The number of likely N-dealkylation sites (tertiary alicyclic amines) is 1. The lowest BCUT2D eigenvalue weighted by atomic mass is 9.84. The van der Waals surface area contributed by atoms with Crippen molar-refractivity contribution in [1.29, 1.82) is 0 Å². The Hall–Kier alpha value is -2.57. The molecule has 6 heteroatoms. The van der Waals surface area contributed by atoms with E-state index in [1.54, 1.807) is 7.11 Å². The monoisotopic (exact) mass is 410 g/mol. The molecule has 0 saturated carbocycles. The van der Waals surface area contributed by atoms with E-state index in [9.17, 15) is 9.90 Å². The van der Waals surface area contributed by atoms with E-state index in [1.165, 1.54) is 0 Å². The first-order chi connectivity index (χ1) is 14.5. The summed E-state index contributed by atoms with van der Waals surface area (Å²) in [4.78, 5) is 17.1. The Morgan fingerprint density at radius 2 is 1.97 bits per heavy atom. The number of hydrogen-bond acceptors (Lipinski definition) is 5. The number of rotatable bonds is 4. The van der Waals surface area contributed by atoms with Crippen molar-refractivity contribution in [1.82, 2.24) is 9.80 Å². The molecule has 0 aliphatic carbocycles. The van der Waals surface area contributed by atoms with Crippen LogP contribution in [0.1, 0.15) is 29.5 Å². The molecule has 160 valence electrons. The molecule has 6 nitrogen and oxygen atoms in total. The van der Waals surface area contributed by atoms with Gasteiger partial charge in [-0.25, -0.2) is 0 Å². The predicted molar refractivity (Wildman–Crippen MR) is 115 cm³/mol. The summed E-state index contributed by atoms with van der Waals surface area (Å²) in [5.74, 6) is 1.61. The van der Waals surface area contributed by atoms with E-state index in [4.69, 9.17) is 9.47 Å². The van der Waals surface area contributed by atoms with Gasteiger partial charge in [-0.1, -0.05) is 18.2 Å². The minimum Gasteiger partial charge on any atom is -0.497 e. The summed E-state index contributed by atoms with van der Waals surface area (Å²) < 4.78 is 11.2. The minimum atomic E-state index is -0.816. The van der Waals surface area contributed by atoms with Crippen LogP contribution >= 0.6 is 0 Å². The van der Waals surface area contributed by atoms with Gasteiger partial charge in [0.2, 0.25) is 5.91 Å². The van der Waals surface area contributed by atoms with Gasteiger partial charge in [-0.15, -0.1) is 0 Å². The van der Waals surface area contributed by atoms with Gasteiger partial charge in [0.15, 0.2) is 0 Å². The molecule has 0 spiro atoms.